The molecule has 21 heavy (non-hydrogen) atoms. The summed E-state index contributed by atoms with van der Waals surface area (Å²) in [6, 6.07) is 8.93. The van der Waals surface area contributed by atoms with Gasteiger partial charge in [0, 0.05) is 22.9 Å². The van der Waals surface area contributed by atoms with Gasteiger partial charge in [-0.05, 0) is 30.7 Å². The SMILES string of the molecule is Cc1ccc(C(N)=S)cc1NC(=O)c1cc(O)cc(O)c1. The van der Waals surface area contributed by atoms with Crippen LogP contribution in [0.5, 0.6) is 11.5 Å². The van der Waals surface area contributed by atoms with Crippen molar-refractivity contribution < 1.29 is 15.0 Å². The molecule has 0 aromatic heterocycles. The van der Waals surface area contributed by atoms with Gasteiger partial charge in [-0.25, -0.2) is 0 Å². The smallest absolute Gasteiger partial charge is 0.255 e. The zero-order valence-corrected chi connectivity index (χ0v) is 12.1. The van der Waals surface area contributed by atoms with Crippen molar-refractivity contribution in [1.29, 1.82) is 0 Å². The molecule has 0 saturated carbocycles. The van der Waals surface area contributed by atoms with E-state index in [2.05, 4.69) is 5.32 Å². The van der Waals surface area contributed by atoms with E-state index >= 15 is 0 Å². The molecule has 5 nitrogen and oxygen atoms in total. The van der Waals surface area contributed by atoms with Gasteiger partial charge in [0.1, 0.15) is 16.5 Å². The van der Waals surface area contributed by atoms with Crippen LogP contribution >= 0.6 is 12.2 Å². The van der Waals surface area contributed by atoms with Crippen molar-refractivity contribution in [3.63, 3.8) is 0 Å². The number of hydrogen-bond acceptors (Lipinski definition) is 4. The third-order valence-electron chi connectivity index (χ3n) is 2.94. The van der Waals surface area contributed by atoms with Crippen molar-refractivity contribution in [3.8, 4) is 11.5 Å². The number of aromatic hydroxyl groups is 2. The quantitative estimate of drug-likeness (QED) is 0.652. The van der Waals surface area contributed by atoms with Crippen LogP contribution in [-0.4, -0.2) is 21.1 Å². The number of phenolic OH excluding ortho intramolecular Hbond substituents is 2. The molecule has 0 unspecified atom stereocenters. The summed E-state index contributed by atoms with van der Waals surface area (Å²) in [5.41, 5.74) is 7.76. The van der Waals surface area contributed by atoms with Gasteiger partial charge in [0.15, 0.2) is 0 Å². The van der Waals surface area contributed by atoms with Gasteiger partial charge in [0.2, 0.25) is 0 Å². The van der Waals surface area contributed by atoms with E-state index in [4.69, 9.17) is 18.0 Å². The van der Waals surface area contributed by atoms with E-state index in [1.807, 2.05) is 6.92 Å². The summed E-state index contributed by atoms with van der Waals surface area (Å²) in [5, 5.41) is 21.5. The maximum absolute atomic E-state index is 12.2. The maximum Gasteiger partial charge on any atom is 0.255 e. The highest BCUT2D eigenvalue weighted by Gasteiger charge is 2.11. The molecule has 0 atom stereocenters. The fourth-order valence-electron chi connectivity index (χ4n) is 1.83. The Labute approximate surface area is 127 Å². The summed E-state index contributed by atoms with van der Waals surface area (Å²) in [5.74, 6) is -0.827. The molecule has 0 spiro atoms. The lowest BCUT2D eigenvalue weighted by atomic mass is 10.1. The topological polar surface area (TPSA) is 95.6 Å². The molecule has 0 aliphatic heterocycles. The largest absolute Gasteiger partial charge is 0.508 e. The van der Waals surface area contributed by atoms with Crippen molar-refractivity contribution >= 4 is 28.8 Å². The van der Waals surface area contributed by atoms with Crippen molar-refractivity contribution in [1.82, 2.24) is 0 Å². The van der Waals surface area contributed by atoms with Crippen LogP contribution in [0.15, 0.2) is 36.4 Å². The minimum atomic E-state index is -0.454. The van der Waals surface area contributed by atoms with Crippen molar-refractivity contribution in [3.05, 3.63) is 53.1 Å². The van der Waals surface area contributed by atoms with Gasteiger partial charge in [0.25, 0.3) is 5.91 Å². The lowest BCUT2D eigenvalue weighted by Gasteiger charge is -2.10. The monoisotopic (exact) mass is 302 g/mol. The summed E-state index contributed by atoms with van der Waals surface area (Å²) in [4.78, 5) is 12.4. The number of nitrogens with one attached hydrogen (secondary N) is 1. The molecule has 5 N–H and O–H groups in total. The van der Waals surface area contributed by atoms with Gasteiger partial charge in [-0.15, -0.1) is 0 Å². The lowest BCUT2D eigenvalue weighted by molar-refractivity contribution is 0.102. The molecule has 0 heterocycles. The number of amides is 1. The predicted octanol–water partition coefficient (Wildman–Crippen LogP) is 2.29. The Morgan fingerprint density at radius 1 is 1.10 bits per heavy atom. The number of rotatable bonds is 3. The van der Waals surface area contributed by atoms with Crippen LogP contribution in [0, 0.1) is 6.92 Å². The second-order valence-electron chi connectivity index (χ2n) is 4.59. The van der Waals surface area contributed by atoms with Crippen molar-refractivity contribution in [2.24, 2.45) is 5.73 Å². The predicted molar refractivity (Wildman–Crippen MR) is 84.8 cm³/mol. The Kier molecular flexibility index (Phi) is 4.09. The fraction of sp³-hybridized carbons (Fsp3) is 0.0667. The molecular weight excluding hydrogens is 288 g/mol. The van der Waals surface area contributed by atoms with E-state index < -0.39 is 5.91 Å². The molecule has 108 valence electrons. The van der Waals surface area contributed by atoms with E-state index in [1.54, 1.807) is 18.2 Å². The van der Waals surface area contributed by atoms with E-state index in [9.17, 15) is 15.0 Å². The van der Waals surface area contributed by atoms with Crippen LogP contribution in [0.25, 0.3) is 0 Å². The van der Waals surface area contributed by atoms with Crippen LogP contribution in [0.4, 0.5) is 5.69 Å². The third kappa shape index (κ3) is 3.49. The first-order valence-corrected chi connectivity index (χ1v) is 6.52. The van der Waals surface area contributed by atoms with E-state index in [1.165, 1.54) is 12.1 Å². The highest BCUT2D eigenvalue weighted by molar-refractivity contribution is 7.80. The number of hydrogen-bond donors (Lipinski definition) is 4. The van der Waals surface area contributed by atoms with E-state index in [-0.39, 0.29) is 22.1 Å². The number of carbonyl (C=O) groups excluding carboxylic acids is 1. The molecule has 2 aromatic rings. The summed E-state index contributed by atoms with van der Waals surface area (Å²) in [6.45, 7) is 1.83. The summed E-state index contributed by atoms with van der Waals surface area (Å²) in [7, 11) is 0. The number of thiocarbonyl (C=S) groups is 1. The Morgan fingerprint density at radius 2 is 1.71 bits per heavy atom. The second kappa shape index (κ2) is 5.80. The molecule has 0 saturated heterocycles. The summed E-state index contributed by atoms with van der Waals surface area (Å²) in [6.07, 6.45) is 0. The molecule has 0 aliphatic carbocycles. The van der Waals surface area contributed by atoms with Crippen LogP contribution in [0.1, 0.15) is 21.5 Å². The molecule has 0 radical (unpaired) electrons. The molecule has 2 rings (SSSR count). The van der Waals surface area contributed by atoms with Crippen molar-refractivity contribution in [2.45, 2.75) is 6.92 Å². The zero-order valence-electron chi connectivity index (χ0n) is 11.3. The Morgan fingerprint density at radius 3 is 2.29 bits per heavy atom. The minimum Gasteiger partial charge on any atom is -0.508 e. The fourth-order valence-corrected chi connectivity index (χ4v) is 1.96. The number of benzene rings is 2. The van der Waals surface area contributed by atoms with E-state index in [0.29, 0.717) is 11.3 Å². The molecule has 0 fully saturated rings. The van der Waals surface area contributed by atoms with Gasteiger partial charge in [-0.1, -0.05) is 24.4 Å². The maximum atomic E-state index is 12.2. The average molecular weight is 302 g/mol. The van der Waals surface area contributed by atoms with Gasteiger partial charge in [0.05, 0.1) is 0 Å². The number of phenols is 2. The van der Waals surface area contributed by atoms with Gasteiger partial charge in [-0.3, -0.25) is 4.79 Å². The lowest BCUT2D eigenvalue weighted by Crippen LogP contribution is -2.14. The molecule has 1 amide bonds. The standard InChI is InChI=1S/C15H14N2O3S/c1-8-2-3-9(14(16)21)6-13(8)17-15(20)10-4-11(18)7-12(19)5-10/h2-7,18-19H,1H3,(H2,16,21)(H,17,20). The van der Waals surface area contributed by atoms with E-state index in [0.717, 1.165) is 11.6 Å². The summed E-state index contributed by atoms with van der Waals surface area (Å²) < 4.78 is 0. The number of nitrogens with two attached hydrogens (primary N) is 1. The average Bonchev–Trinajstić information content (AvgIpc) is 2.39. The van der Waals surface area contributed by atoms with Gasteiger partial charge in [-0.2, -0.15) is 0 Å². The van der Waals surface area contributed by atoms with Crippen LogP contribution in [0.3, 0.4) is 0 Å². The molecule has 2 aromatic carbocycles. The number of carbonyl (C=O) groups is 1. The molecule has 0 bridgehead atoms. The first-order valence-electron chi connectivity index (χ1n) is 6.11. The van der Waals surface area contributed by atoms with Crippen LogP contribution in [0.2, 0.25) is 0 Å². The molecular formula is C15H14N2O3S. The molecule has 0 aliphatic rings. The normalized spacial score (nSPS) is 10.1. The first kappa shape index (κ1) is 14.8. The Hall–Kier alpha value is -2.60. The van der Waals surface area contributed by atoms with Crippen molar-refractivity contribution in [2.75, 3.05) is 5.32 Å². The second-order valence-corrected chi connectivity index (χ2v) is 5.03. The third-order valence-corrected chi connectivity index (χ3v) is 3.17. The van der Waals surface area contributed by atoms with Gasteiger partial charge >= 0.3 is 0 Å². The highest BCUT2D eigenvalue weighted by atomic mass is 32.1. The number of aryl methyl sites for hydroxylation is 1. The Bertz CT molecular complexity index is 709. The minimum absolute atomic E-state index is 0.146. The van der Waals surface area contributed by atoms with Crippen LogP contribution < -0.4 is 11.1 Å². The zero-order chi connectivity index (χ0) is 15.6. The molecule has 6 heteroatoms. The highest BCUT2D eigenvalue weighted by Crippen LogP contribution is 2.22. The summed E-state index contributed by atoms with van der Waals surface area (Å²) >= 11 is 4.91. The van der Waals surface area contributed by atoms with Crippen LogP contribution in [-0.2, 0) is 0 Å². The first-order chi connectivity index (χ1) is 9.86. The van der Waals surface area contributed by atoms with Gasteiger partial charge < -0.3 is 21.3 Å². The Balaban J connectivity index is 2.31. The number of anilines is 1.